The highest BCUT2D eigenvalue weighted by Crippen LogP contribution is 2.43. The van der Waals surface area contributed by atoms with Crippen LogP contribution in [0, 0.1) is 0 Å². The standard InChI is InChI=1S/C47H90NO8P/c1-6-8-10-12-14-16-18-20-22-23-24-25-26-28-30-32-34-36-38-40-47(50)56-45(44-55-57(51,52)54-42-41-48(3,4)5)43-53-46(49)39-37-35-33-31-29-27-21-19-17-15-13-11-9-7-2/h13,15,19,21,45H,6-12,14,16-18,20,22-44H2,1-5H3/p+1/b15-13+,21-19+/t45-/m1/s1. The van der Waals surface area contributed by atoms with Gasteiger partial charge in [-0.3, -0.25) is 18.6 Å². The monoisotopic (exact) mass is 829 g/mol. The van der Waals surface area contributed by atoms with Gasteiger partial charge in [0.2, 0.25) is 0 Å². The van der Waals surface area contributed by atoms with Crippen molar-refractivity contribution in [2.45, 2.75) is 219 Å². The van der Waals surface area contributed by atoms with Gasteiger partial charge >= 0.3 is 19.8 Å². The summed E-state index contributed by atoms with van der Waals surface area (Å²) in [6.07, 6.45) is 43.6. The van der Waals surface area contributed by atoms with Crippen LogP contribution in [0.1, 0.15) is 213 Å². The smallest absolute Gasteiger partial charge is 0.462 e. The fourth-order valence-electron chi connectivity index (χ4n) is 6.50. The summed E-state index contributed by atoms with van der Waals surface area (Å²) in [5.41, 5.74) is 0. The Kier molecular flexibility index (Phi) is 38.9. The van der Waals surface area contributed by atoms with E-state index in [-0.39, 0.29) is 32.0 Å². The number of carbonyl (C=O) groups excluding carboxylic acids is 2. The van der Waals surface area contributed by atoms with E-state index in [0.717, 1.165) is 57.8 Å². The molecule has 2 atom stereocenters. The molecule has 0 rings (SSSR count). The minimum Gasteiger partial charge on any atom is -0.462 e. The van der Waals surface area contributed by atoms with Crippen LogP contribution >= 0.6 is 7.82 Å². The van der Waals surface area contributed by atoms with E-state index in [1.807, 2.05) is 21.1 Å². The van der Waals surface area contributed by atoms with Crippen molar-refractivity contribution in [3.05, 3.63) is 24.3 Å². The number of allylic oxidation sites excluding steroid dienone is 4. The molecule has 0 saturated carbocycles. The maximum atomic E-state index is 12.7. The largest absolute Gasteiger partial charge is 0.472 e. The lowest BCUT2D eigenvalue weighted by molar-refractivity contribution is -0.870. The second-order valence-corrected chi connectivity index (χ2v) is 18.6. The topological polar surface area (TPSA) is 108 Å². The van der Waals surface area contributed by atoms with Crippen molar-refractivity contribution < 1.29 is 42.1 Å². The summed E-state index contributed by atoms with van der Waals surface area (Å²) in [5, 5.41) is 0. The molecule has 0 amide bonds. The summed E-state index contributed by atoms with van der Waals surface area (Å²) in [5.74, 6) is -0.806. The van der Waals surface area contributed by atoms with Crippen LogP contribution < -0.4 is 0 Å². The van der Waals surface area contributed by atoms with Crippen LogP contribution in [0.15, 0.2) is 24.3 Å². The molecule has 0 aliphatic rings. The first-order valence-corrected chi connectivity index (χ1v) is 25.1. The molecule has 0 aromatic carbocycles. The van der Waals surface area contributed by atoms with Gasteiger partial charge in [0.25, 0.3) is 0 Å². The van der Waals surface area contributed by atoms with Gasteiger partial charge in [-0.2, -0.15) is 0 Å². The highest BCUT2D eigenvalue weighted by atomic mass is 31.2. The van der Waals surface area contributed by atoms with Gasteiger partial charge in [0, 0.05) is 12.8 Å². The summed E-state index contributed by atoms with van der Waals surface area (Å²) in [4.78, 5) is 35.4. The Morgan fingerprint density at radius 3 is 1.44 bits per heavy atom. The van der Waals surface area contributed by atoms with E-state index in [9.17, 15) is 19.0 Å². The van der Waals surface area contributed by atoms with Gasteiger partial charge in [-0.25, -0.2) is 4.57 Å². The third-order valence-electron chi connectivity index (χ3n) is 10.2. The Morgan fingerprint density at radius 1 is 0.544 bits per heavy atom. The fourth-order valence-corrected chi connectivity index (χ4v) is 7.24. The van der Waals surface area contributed by atoms with E-state index in [0.29, 0.717) is 17.4 Å². The average molecular weight is 829 g/mol. The number of unbranched alkanes of at least 4 members (excludes halogenated alkanes) is 25. The number of quaternary nitrogens is 1. The number of rotatable bonds is 43. The number of carbonyl (C=O) groups is 2. The molecule has 0 radical (unpaired) electrons. The molecule has 9 nitrogen and oxygen atoms in total. The minimum absolute atomic E-state index is 0.0314. The Balaban J connectivity index is 4.29. The van der Waals surface area contributed by atoms with E-state index >= 15 is 0 Å². The molecule has 0 spiro atoms. The molecule has 1 N–H and O–H groups in total. The highest BCUT2D eigenvalue weighted by molar-refractivity contribution is 7.47. The van der Waals surface area contributed by atoms with E-state index in [4.69, 9.17) is 18.5 Å². The number of hydrogen-bond acceptors (Lipinski definition) is 7. The molecule has 0 aliphatic carbocycles. The summed E-state index contributed by atoms with van der Waals surface area (Å²) in [6.45, 7) is 4.39. The van der Waals surface area contributed by atoms with Gasteiger partial charge < -0.3 is 18.9 Å². The van der Waals surface area contributed by atoms with Gasteiger partial charge in [0.05, 0.1) is 27.7 Å². The predicted molar refractivity (Wildman–Crippen MR) is 238 cm³/mol. The van der Waals surface area contributed by atoms with Crippen molar-refractivity contribution in [3.8, 4) is 0 Å². The molecule has 0 bridgehead atoms. The number of phosphoric acid groups is 1. The van der Waals surface area contributed by atoms with Crippen molar-refractivity contribution in [2.24, 2.45) is 0 Å². The second kappa shape index (κ2) is 39.9. The van der Waals surface area contributed by atoms with E-state index in [2.05, 4.69) is 38.2 Å². The van der Waals surface area contributed by atoms with Crippen LogP contribution in [0.3, 0.4) is 0 Å². The zero-order valence-electron chi connectivity index (χ0n) is 37.8. The molecule has 1 unspecified atom stereocenters. The molecule has 336 valence electrons. The summed E-state index contributed by atoms with van der Waals surface area (Å²) < 4.78 is 34.4. The Labute approximate surface area is 351 Å². The number of phosphoric ester groups is 1. The Morgan fingerprint density at radius 2 is 0.965 bits per heavy atom. The predicted octanol–water partition coefficient (Wildman–Crippen LogP) is 13.5. The maximum Gasteiger partial charge on any atom is 0.472 e. The molecular formula is C47H91NO8P+. The molecule has 57 heavy (non-hydrogen) atoms. The van der Waals surface area contributed by atoms with Crippen LogP contribution in [-0.4, -0.2) is 74.9 Å². The van der Waals surface area contributed by atoms with Crippen molar-refractivity contribution in [1.29, 1.82) is 0 Å². The maximum absolute atomic E-state index is 12.7. The average Bonchev–Trinajstić information content (AvgIpc) is 3.16. The molecule has 0 aromatic heterocycles. The first kappa shape index (κ1) is 55.5. The Bertz CT molecular complexity index is 1030. The van der Waals surface area contributed by atoms with Crippen molar-refractivity contribution in [3.63, 3.8) is 0 Å². The van der Waals surface area contributed by atoms with Crippen LogP contribution in [0.25, 0.3) is 0 Å². The van der Waals surface area contributed by atoms with Gasteiger partial charge in [0.15, 0.2) is 6.10 Å². The molecule has 0 saturated heterocycles. The first-order chi connectivity index (χ1) is 27.5. The number of nitrogens with zero attached hydrogens (tertiary/aromatic N) is 1. The van der Waals surface area contributed by atoms with Crippen LogP contribution in [0.5, 0.6) is 0 Å². The molecule has 0 aliphatic heterocycles. The quantitative estimate of drug-likeness (QED) is 0.0213. The molecule has 0 aromatic rings. The molecular weight excluding hydrogens is 737 g/mol. The van der Waals surface area contributed by atoms with Gasteiger partial charge in [0.1, 0.15) is 19.8 Å². The third-order valence-corrected chi connectivity index (χ3v) is 11.2. The van der Waals surface area contributed by atoms with Crippen LogP contribution in [0.2, 0.25) is 0 Å². The lowest BCUT2D eigenvalue weighted by Gasteiger charge is -2.24. The zero-order valence-corrected chi connectivity index (χ0v) is 38.7. The van der Waals surface area contributed by atoms with Gasteiger partial charge in [-0.1, -0.05) is 186 Å². The SMILES string of the molecule is CCCC/C=C/C/C=C/CCCCCCCC(=O)OC[C@H](COP(=O)(O)OCC[N+](C)(C)C)OC(=O)CCCCCCCCCCCCCCCCCCCCC. The first-order valence-electron chi connectivity index (χ1n) is 23.6. The van der Waals surface area contributed by atoms with Crippen LogP contribution in [0.4, 0.5) is 0 Å². The Hall–Kier alpha value is -1.51. The number of ether oxygens (including phenoxy) is 2. The van der Waals surface area contributed by atoms with Gasteiger partial charge in [-0.15, -0.1) is 0 Å². The number of likely N-dealkylation sites (N-methyl/N-ethyl adjacent to an activating group) is 1. The minimum atomic E-state index is -4.38. The van der Waals surface area contributed by atoms with Crippen molar-refractivity contribution >= 4 is 19.8 Å². The third kappa shape index (κ3) is 43.9. The normalized spacial score (nSPS) is 13.7. The number of hydrogen-bond donors (Lipinski definition) is 1. The van der Waals surface area contributed by atoms with E-state index in [1.165, 1.54) is 122 Å². The highest BCUT2D eigenvalue weighted by Gasteiger charge is 2.27. The zero-order chi connectivity index (χ0) is 42.1. The number of esters is 2. The van der Waals surface area contributed by atoms with Crippen molar-refractivity contribution in [1.82, 2.24) is 0 Å². The van der Waals surface area contributed by atoms with Crippen LogP contribution in [-0.2, 0) is 32.7 Å². The van der Waals surface area contributed by atoms with Gasteiger partial charge in [-0.05, 0) is 38.5 Å². The summed E-state index contributed by atoms with van der Waals surface area (Å²) in [6, 6.07) is 0. The lowest BCUT2D eigenvalue weighted by Crippen LogP contribution is -2.37. The summed E-state index contributed by atoms with van der Waals surface area (Å²) >= 11 is 0. The molecule has 0 fully saturated rings. The van der Waals surface area contributed by atoms with Crippen molar-refractivity contribution in [2.75, 3.05) is 47.5 Å². The second-order valence-electron chi connectivity index (χ2n) is 17.1. The van der Waals surface area contributed by atoms with E-state index in [1.54, 1.807) is 0 Å². The molecule has 0 heterocycles. The molecule has 10 heteroatoms. The van der Waals surface area contributed by atoms with E-state index < -0.39 is 26.5 Å². The fraction of sp³-hybridized carbons (Fsp3) is 0.872. The lowest BCUT2D eigenvalue weighted by atomic mass is 10.0. The summed E-state index contributed by atoms with van der Waals surface area (Å²) in [7, 11) is 1.48.